The summed E-state index contributed by atoms with van der Waals surface area (Å²) in [6.45, 7) is 9.80. The van der Waals surface area contributed by atoms with Gasteiger partial charge in [-0.05, 0) is 25.5 Å². The van der Waals surface area contributed by atoms with Gasteiger partial charge in [0.25, 0.3) is 0 Å². The molecular weight excluding hydrogens is 206 g/mol. The number of nitrogens with zero attached hydrogens (tertiary/aromatic N) is 1. The molecule has 82 valence electrons. The van der Waals surface area contributed by atoms with Crippen LogP contribution in [0.25, 0.3) is 6.08 Å². The monoisotopic (exact) mass is 223 g/mol. The summed E-state index contributed by atoms with van der Waals surface area (Å²) in [7, 11) is 0. The number of rotatable bonds is 2. The van der Waals surface area contributed by atoms with E-state index in [4.69, 9.17) is 0 Å². The van der Waals surface area contributed by atoms with Crippen LogP contribution in [0, 0.1) is 0 Å². The fourth-order valence-electron chi connectivity index (χ4n) is 1.02. The van der Waals surface area contributed by atoms with E-state index in [0.29, 0.717) is 0 Å². The summed E-state index contributed by atoms with van der Waals surface area (Å²) in [5.41, 5.74) is 1.72. The van der Waals surface area contributed by atoms with Gasteiger partial charge in [-0.15, -0.1) is 11.3 Å². The van der Waals surface area contributed by atoms with E-state index in [2.05, 4.69) is 25.8 Å². The van der Waals surface area contributed by atoms with Gasteiger partial charge in [0.1, 0.15) is 0 Å². The molecule has 0 aliphatic heterocycles. The van der Waals surface area contributed by atoms with Gasteiger partial charge in [0.15, 0.2) is 5.78 Å². The standard InChI is InChI=1S/C12H17NOS/c1-8(9(2)14)6-10-7-15-11(13-10)12(3,4)5/h6-7H,1-5H3. The number of aromatic nitrogens is 1. The normalized spacial score (nSPS) is 13.0. The zero-order chi connectivity index (χ0) is 11.6. The first-order valence-electron chi connectivity index (χ1n) is 4.96. The van der Waals surface area contributed by atoms with E-state index in [0.717, 1.165) is 16.3 Å². The van der Waals surface area contributed by atoms with Crippen molar-refractivity contribution >= 4 is 23.2 Å². The molecule has 0 atom stereocenters. The number of thiazole rings is 1. The molecule has 1 heterocycles. The molecule has 1 aromatic rings. The Kier molecular flexibility index (Phi) is 3.45. The molecule has 0 aliphatic rings. The predicted octanol–water partition coefficient (Wildman–Crippen LogP) is 3.43. The first-order chi connectivity index (χ1) is 6.80. The Morgan fingerprint density at radius 3 is 2.40 bits per heavy atom. The number of Topliss-reactive ketones (excluding diaryl/α,β-unsaturated/α-hetero) is 1. The third-order valence-corrected chi connectivity index (χ3v) is 3.37. The Hall–Kier alpha value is -0.960. The molecule has 0 saturated carbocycles. The van der Waals surface area contributed by atoms with Gasteiger partial charge >= 0.3 is 0 Å². The lowest BCUT2D eigenvalue weighted by Gasteiger charge is -2.13. The second-order valence-corrected chi connectivity index (χ2v) is 5.57. The number of carbonyl (C=O) groups is 1. The van der Waals surface area contributed by atoms with Gasteiger partial charge in [-0.3, -0.25) is 4.79 Å². The lowest BCUT2D eigenvalue weighted by Crippen LogP contribution is -2.10. The molecule has 15 heavy (non-hydrogen) atoms. The highest BCUT2D eigenvalue weighted by molar-refractivity contribution is 7.09. The van der Waals surface area contributed by atoms with Crippen molar-refractivity contribution in [3.05, 3.63) is 21.7 Å². The molecule has 0 aliphatic carbocycles. The van der Waals surface area contributed by atoms with Gasteiger partial charge in [-0.25, -0.2) is 4.98 Å². The number of carbonyl (C=O) groups excluding carboxylic acids is 1. The smallest absolute Gasteiger partial charge is 0.155 e. The Balaban J connectivity index is 2.96. The minimum atomic E-state index is 0.0842. The van der Waals surface area contributed by atoms with E-state index in [1.807, 2.05) is 18.4 Å². The van der Waals surface area contributed by atoms with Crippen LogP contribution in [-0.4, -0.2) is 10.8 Å². The van der Waals surface area contributed by atoms with Crippen molar-refractivity contribution in [2.75, 3.05) is 0 Å². The molecule has 0 amide bonds. The first kappa shape index (κ1) is 12.1. The molecule has 0 bridgehead atoms. The van der Waals surface area contributed by atoms with Crippen LogP contribution in [-0.2, 0) is 10.2 Å². The van der Waals surface area contributed by atoms with Crippen LogP contribution in [0.15, 0.2) is 11.0 Å². The summed E-state index contributed by atoms with van der Waals surface area (Å²) in [5, 5.41) is 3.10. The minimum Gasteiger partial charge on any atom is -0.295 e. The molecule has 3 heteroatoms. The van der Waals surface area contributed by atoms with E-state index in [1.165, 1.54) is 0 Å². The average molecular weight is 223 g/mol. The van der Waals surface area contributed by atoms with E-state index >= 15 is 0 Å². The van der Waals surface area contributed by atoms with Crippen LogP contribution in [0.5, 0.6) is 0 Å². The Morgan fingerprint density at radius 2 is 2.00 bits per heavy atom. The fraction of sp³-hybridized carbons (Fsp3) is 0.500. The summed E-state index contributed by atoms with van der Waals surface area (Å²) < 4.78 is 0. The van der Waals surface area contributed by atoms with Gasteiger partial charge in [0, 0.05) is 10.8 Å². The van der Waals surface area contributed by atoms with Gasteiger partial charge in [0.2, 0.25) is 0 Å². The SMILES string of the molecule is CC(=O)C(C)=Cc1csc(C(C)(C)C)n1. The maximum absolute atomic E-state index is 11.1. The molecule has 0 saturated heterocycles. The van der Waals surface area contributed by atoms with E-state index in [9.17, 15) is 4.79 Å². The number of ketones is 1. The molecule has 0 unspecified atom stereocenters. The molecule has 0 aromatic carbocycles. The Morgan fingerprint density at radius 1 is 1.40 bits per heavy atom. The molecule has 0 N–H and O–H groups in total. The van der Waals surface area contributed by atoms with Crippen molar-refractivity contribution in [1.82, 2.24) is 4.98 Å². The van der Waals surface area contributed by atoms with Crippen molar-refractivity contribution in [1.29, 1.82) is 0 Å². The van der Waals surface area contributed by atoms with E-state index in [1.54, 1.807) is 18.3 Å². The molecule has 0 radical (unpaired) electrons. The van der Waals surface area contributed by atoms with Crippen molar-refractivity contribution < 1.29 is 4.79 Å². The van der Waals surface area contributed by atoms with Gasteiger partial charge in [-0.1, -0.05) is 20.8 Å². The van der Waals surface area contributed by atoms with Crippen LogP contribution in [0.2, 0.25) is 0 Å². The van der Waals surface area contributed by atoms with Crippen molar-refractivity contribution in [3.8, 4) is 0 Å². The second-order valence-electron chi connectivity index (χ2n) is 4.71. The molecule has 1 aromatic heterocycles. The number of allylic oxidation sites excluding steroid dienone is 1. The van der Waals surface area contributed by atoms with Crippen LogP contribution in [0.1, 0.15) is 45.3 Å². The lowest BCUT2D eigenvalue weighted by molar-refractivity contribution is -0.113. The lowest BCUT2D eigenvalue weighted by atomic mass is 9.98. The third-order valence-electron chi connectivity index (χ3n) is 2.08. The summed E-state index contributed by atoms with van der Waals surface area (Å²) >= 11 is 1.64. The number of hydrogen-bond acceptors (Lipinski definition) is 3. The second kappa shape index (κ2) is 4.27. The summed E-state index contributed by atoms with van der Waals surface area (Å²) in [6.07, 6.45) is 1.84. The highest BCUT2D eigenvalue weighted by atomic mass is 32.1. The van der Waals surface area contributed by atoms with Crippen LogP contribution in [0.3, 0.4) is 0 Å². The molecule has 2 nitrogen and oxygen atoms in total. The molecule has 0 spiro atoms. The third kappa shape index (κ3) is 3.27. The van der Waals surface area contributed by atoms with E-state index in [-0.39, 0.29) is 11.2 Å². The fourth-order valence-corrected chi connectivity index (χ4v) is 1.89. The number of hydrogen-bond donors (Lipinski definition) is 0. The largest absolute Gasteiger partial charge is 0.295 e. The summed E-state index contributed by atoms with van der Waals surface area (Å²) in [5.74, 6) is 0.0975. The Bertz CT molecular complexity index is 396. The van der Waals surface area contributed by atoms with Crippen LogP contribution < -0.4 is 0 Å². The van der Waals surface area contributed by atoms with Crippen LogP contribution in [0.4, 0.5) is 0 Å². The maximum Gasteiger partial charge on any atom is 0.155 e. The van der Waals surface area contributed by atoms with Gasteiger partial charge in [-0.2, -0.15) is 0 Å². The van der Waals surface area contributed by atoms with Gasteiger partial charge in [0.05, 0.1) is 10.7 Å². The Labute approximate surface area is 95.0 Å². The summed E-state index contributed by atoms with van der Waals surface area (Å²) in [4.78, 5) is 15.6. The summed E-state index contributed by atoms with van der Waals surface area (Å²) in [6, 6.07) is 0. The van der Waals surface area contributed by atoms with Gasteiger partial charge < -0.3 is 0 Å². The zero-order valence-electron chi connectivity index (χ0n) is 9.92. The maximum atomic E-state index is 11.1. The zero-order valence-corrected chi connectivity index (χ0v) is 10.7. The highest BCUT2D eigenvalue weighted by Crippen LogP contribution is 2.26. The minimum absolute atomic E-state index is 0.0842. The van der Waals surface area contributed by atoms with Crippen LogP contribution >= 0.6 is 11.3 Å². The van der Waals surface area contributed by atoms with E-state index < -0.39 is 0 Å². The molecule has 0 fully saturated rings. The predicted molar refractivity (Wildman–Crippen MR) is 65.1 cm³/mol. The topological polar surface area (TPSA) is 30.0 Å². The molecule has 1 rings (SSSR count). The van der Waals surface area contributed by atoms with Crippen molar-refractivity contribution in [2.45, 2.75) is 40.0 Å². The average Bonchev–Trinajstić information content (AvgIpc) is 2.51. The van der Waals surface area contributed by atoms with Crippen molar-refractivity contribution in [3.63, 3.8) is 0 Å². The quantitative estimate of drug-likeness (QED) is 0.719. The van der Waals surface area contributed by atoms with Crippen molar-refractivity contribution in [2.24, 2.45) is 0 Å². The molecular formula is C12H17NOS. The first-order valence-corrected chi connectivity index (χ1v) is 5.84. The highest BCUT2D eigenvalue weighted by Gasteiger charge is 2.17.